The van der Waals surface area contributed by atoms with Gasteiger partial charge in [0.2, 0.25) is 0 Å². The van der Waals surface area contributed by atoms with Gasteiger partial charge >= 0.3 is 12.0 Å². The van der Waals surface area contributed by atoms with Gasteiger partial charge in [0.25, 0.3) is 0 Å². The number of halogens is 1. The average Bonchev–Trinajstić information content (AvgIpc) is 3.17. The summed E-state index contributed by atoms with van der Waals surface area (Å²) in [5, 5.41) is 12.0. The molecule has 2 amide bonds. The molecule has 3 rings (SSSR count). The van der Waals surface area contributed by atoms with E-state index < -0.39 is 23.7 Å². The van der Waals surface area contributed by atoms with Crippen molar-refractivity contribution in [3.05, 3.63) is 66.0 Å². The van der Waals surface area contributed by atoms with Crippen LogP contribution >= 0.6 is 0 Å². The zero-order valence-corrected chi connectivity index (χ0v) is 14.7. The molecule has 2 unspecified atom stereocenters. The Morgan fingerprint density at radius 1 is 1.19 bits per heavy atom. The monoisotopic (exact) mass is 372 g/mol. The number of carboxylic acids is 1. The van der Waals surface area contributed by atoms with Gasteiger partial charge < -0.3 is 20.1 Å². The summed E-state index contributed by atoms with van der Waals surface area (Å²) in [5.41, 5.74) is 0.816. The van der Waals surface area contributed by atoms with Gasteiger partial charge in [-0.05, 0) is 24.1 Å². The van der Waals surface area contributed by atoms with Crippen molar-refractivity contribution in [2.24, 2.45) is 5.92 Å². The van der Waals surface area contributed by atoms with Crippen molar-refractivity contribution in [2.75, 3.05) is 19.7 Å². The third-order valence-corrected chi connectivity index (χ3v) is 4.57. The first-order valence-corrected chi connectivity index (χ1v) is 8.75. The number of carbonyl (C=O) groups excluding carboxylic acids is 1. The fraction of sp³-hybridized carbons (Fsp3) is 0.300. The summed E-state index contributed by atoms with van der Waals surface area (Å²) >= 11 is 0. The van der Waals surface area contributed by atoms with Crippen molar-refractivity contribution in [2.45, 2.75) is 12.5 Å². The third-order valence-electron chi connectivity index (χ3n) is 4.57. The molecular formula is C20H21FN2O4. The van der Waals surface area contributed by atoms with Crippen molar-refractivity contribution in [3.63, 3.8) is 0 Å². The maximum atomic E-state index is 13.8. The van der Waals surface area contributed by atoms with Crippen LogP contribution in [0, 0.1) is 11.7 Å². The van der Waals surface area contributed by atoms with Gasteiger partial charge in [0.15, 0.2) is 11.6 Å². The minimum absolute atomic E-state index is 0.0485. The van der Waals surface area contributed by atoms with Crippen LogP contribution in [0.5, 0.6) is 5.75 Å². The van der Waals surface area contributed by atoms with Crippen LogP contribution in [0.3, 0.4) is 0 Å². The van der Waals surface area contributed by atoms with Gasteiger partial charge in [0.1, 0.15) is 6.61 Å². The number of hydrogen-bond acceptors (Lipinski definition) is 3. The number of carbonyl (C=O) groups is 2. The average molecular weight is 372 g/mol. The zero-order chi connectivity index (χ0) is 19.2. The molecule has 0 saturated carbocycles. The first-order valence-electron chi connectivity index (χ1n) is 8.75. The number of nitrogens with zero attached hydrogens (tertiary/aromatic N) is 1. The minimum Gasteiger partial charge on any atom is -0.488 e. The van der Waals surface area contributed by atoms with E-state index in [-0.39, 0.29) is 24.9 Å². The quantitative estimate of drug-likeness (QED) is 0.817. The Morgan fingerprint density at radius 3 is 2.56 bits per heavy atom. The minimum atomic E-state index is -0.896. The summed E-state index contributed by atoms with van der Waals surface area (Å²) < 4.78 is 19.4. The molecule has 1 fully saturated rings. The molecule has 0 aliphatic carbocycles. The van der Waals surface area contributed by atoms with E-state index in [9.17, 15) is 14.0 Å². The summed E-state index contributed by atoms with van der Waals surface area (Å²) in [4.78, 5) is 25.1. The Kier molecular flexibility index (Phi) is 5.90. The molecular weight excluding hydrogens is 351 g/mol. The number of amides is 2. The third kappa shape index (κ3) is 4.75. The van der Waals surface area contributed by atoms with E-state index >= 15 is 0 Å². The second kappa shape index (κ2) is 8.53. The molecule has 0 radical (unpaired) electrons. The number of carboxylic acid groups (broad SMARTS) is 1. The number of urea groups is 1. The summed E-state index contributed by atoms with van der Waals surface area (Å²) in [6, 6.07) is 14.5. The van der Waals surface area contributed by atoms with Gasteiger partial charge in [-0.25, -0.2) is 9.18 Å². The fourth-order valence-corrected chi connectivity index (χ4v) is 3.03. The summed E-state index contributed by atoms with van der Waals surface area (Å²) in [6.45, 7) is 0.613. The van der Waals surface area contributed by atoms with Crippen LogP contribution in [0.4, 0.5) is 9.18 Å². The molecule has 1 heterocycles. The van der Waals surface area contributed by atoms with Gasteiger partial charge in [-0.3, -0.25) is 4.79 Å². The Morgan fingerprint density at radius 2 is 1.89 bits per heavy atom. The molecule has 1 aliphatic heterocycles. The summed E-state index contributed by atoms with van der Waals surface area (Å²) in [7, 11) is 0. The fourth-order valence-electron chi connectivity index (χ4n) is 3.03. The van der Waals surface area contributed by atoms with Crippen LogP contribution in [0.25, 0.3) is 0 Å². The first kappa shape index (κ1) is 18.7. The van der Waals surface area contributed by atoms with E-state index in [1.165, 1.54) is 17.0 Å². The lowest BCUT2D eigenvalue weighted by atomic mass is 10.1. The van der Waals surface area contributed by atoms with E-state index in [0.29, 0.717) is 13.0 Å². The number of benzene rings is 2. The highest BCUT2D eigenvalue weighted by atomic mass is 19.1. The molecule has 1 aliphatic rings. The second-order valence-corrected chi connectivity index (χ2v) is 6.42. The van der Waals surface area contributed by atoms with E-state index in [1.54, 1.807) is 12.1 Å². The number of rotatable bonds is 6. The number of para-hydroxylation sites is 1. The van der Waals surface area contributed by atoms with Gasteiger partial charge in [0.05, 0.1) is 12.0 Å². The van der Waals surface area contributed by atoms with Crippen LogP contribution in [0.2, 0.25) is 0 Å². The van der Waals surface area contributed by atoms with Crippen molar-refractivity contribution in [1.29, 1.82) is 0 Å². The molecule has 2 atom stereocenters. The van der Waals surface area contributed by atoms with Crippen LogP contribution in [0.1, 0.15) is 18.0 Å². The molecule has 0 aromatic heterocycles. The van der Waals surface area contributed by atoms with Crippen LogP contribution in [-0.4, -0.2) is 41.7 Å². The van der Waals surface area contributed by atoms with E-state index in [1.807, 2.05) is 30.3 Å². The van der Waals surface area contributed by atoms with Gasteiger partial charge in [-0.1, -0.05) is 42.5 Å². The highest BCUT2D eigenvalue weighted by Crippen LogP contribution is 2.21. The SMILES string of the molecule is O=C(O)C1CCN(C(=O)NC(COc2ccccc2F)c2ccccc2)C1. The molecule has 142 valence electrons. The lowest BCUT2D eigenvalue weighted by molar-refractivity contribution is -0.141. The standard InChI is InChI=1S/C20H21FN2O4/c21-16-8-4-5-9-18(16)27-13-17(14-6-2-1-3-7-14)22-20(26)23-11-10-15(12-23)19(24)25/h1-9,15,17H,10-13H2,(H,22,26)(H,24,25). The zero-order valence-electron chi connectivity index (χ0n) is 14.7. The lowest BCUT2D eigenvalue weighted by Gasteiger charge is -2.24. The van der Waals surface area contributed by atoms with Gasteiger partial charge in [-0.2, -0.15) is 0 Å². The first-order chi connectivity index (χ1) is 13.0. The van der Waals surface area contributed by atoms with Crippen molar-refractivity contribution < 1.29 is 23.8 Å². The smallest absolute Gasteiger partial charge is 0.318 e. The Labute approximate surface area is 156 Å². The largest absolute Gasteiger partial charge is 0.488 e. The van der Waals surface area contributed by atoms with Crippen molar-refractivity contribution in [1.82, 2.24) is 10.2 Å². The highest BCUT2D eigenvalue weighted by Gasteiger charge is 2.31. The predicted octanol–water partition coefficient (Wildman–Crippen LogP) is 3.06. The van der Waals surface area contributed by atoms with Gasteiger partial charge in [0, 0.05) is 13.1 Å². The Balaban J connectivity index is 1.68. The van der Waals surface area contributed by atoms with Gasteiger partial charge in [-0.15, -0.1) is 0 Å². The van der Waals surface area contributed by atoms with E-state index in [4.69, 9.17) is 9.84 Å². The van der Waals surface area contributed by atoms with Crippen LogP contribution in [0.15, 0.2) is 54.6 Å². The number of ether oxygens (including phenoxy) is 1. The van der Waals surface area contributed by atoms with E-state index in [2.05, 4.69) is 5.32 Å². The topological polar surface area (TPSA) is 78.9 Å². The summed E-state index contributed by atoms with van der Waals surface area (Å²) in [5.74, 6) is -1.80. The normalized spacial score (nSPS) is 17.4. The Hall–Kier alpha value is -3.09. The maximum Gasteiger partial charge on any atom is 0.318 e. The predicted molar refractivity (Wildman–Crippen MR) is 96.9 cm³/mol. The maximum absolute atomic E-state index is 13.8. The number of likely N-dealkylation sites (tertiary alicyclic amines) is 1. The molecule has 7 heteroatoms. The van der Waals surface area contributed by atoms with Crippen molar-refractivity contribution in [3.8, 4) is 5.75 Å². The molecule has 6 nitrogen and oxygen atoms in total. The van der Waals surface area contributed by atoms with Crippen molar-refractivity contribution >= 4 is 12.0 Å². The molecule has 27 heavy (non-hydrogen) atoms. The Bertz CT molecular complexity index is 800. The van der Waals surface area contributed by atoms with E-state index in [0.717, 1.165) is 5.56 Å². The number of nitrogens with one attached hydrogen (secondary N) is 1. The summed E-state index contributed by atoms with van der Waals surface area (Å²) in [6.07, 6.45) is 0.435. The van der Waals surface area contributed by atoms with Crippen LogP contribution < -0.4 is 10.1 Å². The number of aliphatic carboxylic acids is 1. The molecule has 0 bridgehead atoms. The molecule has 2 N–H and O–H groups in total. The van der Waals surface area contributed by atoms with Crippen LogP contribution in [-0.2, 0) is 4.79 Å². The molecule has 2 aromatic rings. The second-order valence-electron chi connectivity index (χ2n) is 6.42. The molecule has 1 saturated heterocycles. The molecule has 2 aromatic carbocycles. The highest BCUT2D eigenvalue weighted by molar-refractivity contribution is 5.77. The molecule has 0 spiro atoms. The lowest BCUT2D eigenvalue weighted by Crippen LogP contribution is -2.42. The number of hydrogen-bond donors (Lipinski definition) is 2.